The highest BCUT2D eigenvalue weighted by atomic mass is 19.1. The Morgan fingerprint density at radius 1 is 1.25 bits per heavy atom. The molecule has 0 saturated carbocycles. The highest BCUT2D eigenvalue weighted by molar-refractivity contribution is 6.06. The standard InChI is InChI=1S/C20H20FNO2/c1-4-12(2)15-7-5-6-8-17(15)22-20(23)19-13(3)16-11-14(21)9-10-18(16)24-19/h5-12H,4H2,1-3H3,(H,22,23)/t12-/m0/s1. The average Bonchev–Trinajstić information content (AvgIpc) is 2.91. The van der Waals surface area contributed by atoms with Crippen molar-refractivity contribution in [1.29, 1.82) is 0 Å². The number of rotatable bonds is 4. The molecule has 0 saturated heterocycles. The summed E-state index contributed by atoms with van der Waals surface area (Å²) in [6.07, 6.45) is 0.982. The fraction of sp³-hybridized carbons (Fsp3) is 0.250. The lowest BCUT2D eigenvalue weighted by Gasteiger charge is -2.15. The molecule has 0 aliphatic rings. The predicted molar refractivity (Wildman–Crippen MR) is 94.0 cm³/mol. The molecule has 0 fully saturated rings. The second kappa shape index (κ2) is 6.48. The molecule has 0 aliphatic carbocycles. The molecule has 3 aromatic rings. The number of benzene rings is 2. The van der Waals surface area contributed by atoms with Crippen LogP contribution in [0.1, 0.15) is 47.9 Å². The summed E-state index contributed by atoms with van der Waals surface area (Å²) in [4.78, 5) is 12.7. The lowest BCUT2D eigenvalue weighted by atomic mass is 9.97. The van der Waals surface area contributed by atoms with Crippen molar-refractivity contribution in [2.24, 2.45) is 0 Å². The molecule has 0 spiro atoms. The smallest absolute Gasteiger partial charge is 0.291 e. The maximum absolute atomic E-state index is 13.4. The number of aryl methyl sites for hydroxylation is 1. The van der Waals surface area contributed by atoms with E-state index < -0.39 is 0 Å². The van der Waals surface area contributed by atoms with E-state index in [0.29, 0.717) is 22.5 Å². The SMILES string of the molecule is CC[C@H](C)c1ccccc1NC(=O)c1oc2ccc(F)cc2c1C. The van der Waals surface area contributed by atoms with Crippen molar-refractivity contribution < 1.29 is 13.6 Å². The van der Waals surface area contributed by atoms with E-state index in [2.05, 4.69) is 19.2 Å². The first-order valence-corrected chi connectivity index (χ1v) is 8.10. The zero-order valence-electron chi connectivity index (χ0n) is 14.0. The monoisotopic (exact) mass is 325 g/mol. The number of amides is 1. The maximum atomic E-state index is 13.4. The summed E-state index contributed by atoms with van der Waals surface area (Å²) in [5.74, 6) is -0.109. The highest BCUT2D eigenvalue weighted by Crippen LogP contribution is 2.29. The molecule has 1 atom stereocenters. The van der Waals surface area contributed by atoms with E-state index in [0.717, 1.165) is 17.7 Å². The molecule has 1 N–H and O–H groups in total. The summed E-state index contributed by atoms with van der Waals surface area (Å²) >= 11 is 0. The topological polar surface area (TPSA) is 42.2 Å². The molecule has 2 aromatic carbocycles. The Hall–Kier alpha value is -2.62. The largest absolute Gasteiger partial charge is 0.451 e. The molecule has 3 nitrogen and oxygen atoms in total. The Labute approximate surface area is 140 Å². The molecule has 124 valence electrons. The van der Waals surface area contributed by atoms with Crippen LogP contribution in [0, 0.1) is 12.7 Å². The van der Waals surface area contributed by atoms with Gasteiger partial charge in [-0.1, -0.05) is 32.0 Å². The second-order valence-electron chi connectivity index (χ2n) is 6.05. The summed E-state index contributed by atoms with van der Waals surface area (Å²) < 4.78 is 19.0. The molecule has 1 amide bonds. The minimum absolute atomic E-state index is 0.217. The minimum Gasteiger partial charge on any atom is -0.451 e. The third kappa shape index (κ3) is 2.92. The third-order valence-corrected chi connectivity index (χ3v) is 4.46. The van der Waals surface area contributed by atoms with Gasteiger partial charge in [0.15, 0.2) is 5.76 Å². The van der Waals surface area contributed by atoms with Crippen LogP contribution < -0.4 is 5.32 Å². The number of hydrogen-bond donors (Lipinski definition) is 1. The van der Waals surface area contributed by atoms with Crippen LogP contribution in [0.25, 0.3) is 11.0 Å². The van der Waals surface area contributed by atoms with Crippen molar-refractivity contribution in [2.75, 3.05) is 5.32 Å². The number of nitrogens with one attached hydrogen (secondary N) is 1. The fourth-order valence-corrected chi connectivity index (χ4v) is 2.85. The van der Waals surface area contributed by atoms with Crippen molar-refractivity contribution in [3.8, 4) is 0 Å². The number of carbonyl (C=O) groups excluding carboxylic acids is 1. The van der Waals surface area contributed by atoms with Gasteiger partial charge < -0.3 is 9.73 Å². The number of hydrogen-bond acceptors (Lipinski definition) is 2. The lowest BCUT2D eigenvalue weighted by molar-refractivity contribution is 0.0998. The van der Waals surface area contributed by atoms with Crippen LogP contribution in [0.4, 0.5) is 10.1 Å². The Balaban J connectivity index is 1.95. The van der Waals surface area contributed by atoms with Gasteiger partial charge >= 0.3 is 0 Å². The molecule has 0 aliphatic heterocycles. The van der Waals surface area contributed by atoms with Crippen molar-refractivity contribution >= 4 is 22.6 Å². The number of furan rings is 1. The average molecular weight is 325 g/mol. The first-order chi connectivity index (χ1) is 11.5. The van der Waals surface area contributed by atoms with E-state index in [1.165, 1.54) is 12.1 Å². The Morgan fingerprint density at radius 3 is 2.75 bits per heavy atom. The minimum atomic E-state index is -0.347. The maximum Gasteiger partial charge on any atom is 0.291 e. The molecule has 1 aromatic heterocycles. The summed E-state index contributed by atoms with van der Waals surface area (Å²) in [5.41, 5.74) is 3.02. The van der Waals surface area contributed by atoms with Gasteiger partial charge in [-0.05, 0) is 49.1 Å². The molecular formula is C20H20FNO2. The van der Waals surface area contributed by atoms with E-state index in [-0.39, 0.29) is 17.5 Å². The molecule has 0 bridgehead atoms. The summed E-state index contributed by atoms with van der Waals surface area (Å²) in [7, 11) is 0. The number of anilines is 1. The van der Waals surface area contributed by atoms with Crippen LogP contribution in [0.2, 0.25) is 0 Å². The van der Waals surface area contributed by atoms with Crippen molar-refractivity contribution in [1.82, 2.24) is 0 Å². The zero-order chi connectivity index (χ0) is 17.3. The molecule has 4 heteroatoms. The first-order valence-electron chi connectivity index (χ1n) is 8.10. The Bertz CT molecular complexity index is 898. The molecule has 24 heavy (non-hydrogen) atoms. The van der Waals surface area contributed by atoms with Gasteiger partial charge in [0.1, 0.15) is 11.4 Å². The van der Waals surface area contributed by atoms with E-state index in [9.17, 15) is 9.18 Å². The molecule has 0 radical (unpaired) electrons. The van der Waals surface area contributed by atoms with Crippen LogP contribution in [0.3, 0.4) is 0 Å². The lowest BCUT2D eigenvalue weighted by Crippen LogP contribution is -2.14. The molecule has 3 rings (SSSR count). The van der Waals surface area contributed by atoms with E-state index >= 15 is 0 Å². The summed E-state index contributed by atoms with van der Waals surface area (Å²) in [6, 6.07) is 12.0. The van der Waals surface area contributed by atoms with Crippen molar-refractivity contribution in [3.63, 3.8) is 0 Å². The van der Waals surface area contributed by atoms with Gasteiger partial charge in [-0.15, -0.1) is 0 Å². The second-order valence-corrected chi connectivity index (χ2v) is 6.05. The van der Waals surface area contributed by atoms with Gasteiger partial charge in [0, 0.05) is 16.6 Å². The molecule has 0 unspecified atom stereocenters. The normalized spacial score (nSPS) is 12.3. The quantitative estimate of drug-likeness (QED) is 0.674. The van der Waals surface area contributed by atoms with Gasteiger partial charge in [-0.3, -0.25) is 4.79 Å². The Morgan fingerprint density at radius 2 is 2.00 bits per heavy atom. The third-order valence-electron chi connectivity index (χ3n) is 4.46. The van der Waals surface area contributed by atoms with Crippen molar-refractivity contribution in [2.45, 2.75) is 33.1 Å². The van der Waals surface area contributed by atoms with Gasteiger partial charge in [0.25, 0.3) is 5.91 Å². The number of halogens is 1. The van der Waals surface area contributed by atoms with E-state index in [4.69, 9.17) is 4.42 Å². The summed E-state index contributed by atoms with van der Waals surface area (Å²) in [5, 5.41) is 3.55. The fourth-order valence-electron chi connectivity index (χ4n) is 2.85. The van der Waals surface area contributed by atoms with Crippen molar-refractivity contribution in [3.05, 3.63) is 65.2 Å². The van der Waals surface area contributed by atoms with Gasteiger partial charge in [-0.2, -0.15) is 0 Å². The Kier molecular flexibility index (Phi) is 4.38. The van der Waals surface area contributed by atoms with Gasteiger partial charge in [0.05, 0.1) is 0 Å². The van der Waals surface area contributed by atoms with E-state index in [1.807, 2.05) is 24.3 Å². The number of fused-ring (bicyclic) bond motifs is 1. The van der Waals surface area contributed by atoms with Crippen LogP contribution >= 0.6 is 0 Å². The molecular weight excluding hydrogens is 305 g/mol. The number of para-hydroxylation sites is 1. The summed E-state index contributed by atoms with van der Waals surface area (Å²) in [6.45, 7) is 6.00. The first kappa shape index (κ1) is 16.2. The van der Waals surface area contributed by atoms with Gasteiger partial charge in [-0.25, -0.2) is 4.39 Å². The zero-order valence-corrected chi connectivity index (χ0v) is 14.0. The van der Waals surface area contributed by atoms with Crippen LogP contribution in [0.15, 0.2) is 46.9 Å². The molecule has 1 heterocycles. The van der Waals surface area contributed by atoms with Crippen LogP contribution in [-0.2, 0) is 0 Å². The van der Waals surface area contributed by atoms with Crippen LogP contribution in [-0.4, -0.2) is 5.91 Å². The van der Waals surface area contributed by atoms with Crippen LogP contribution in [0.5, 0.6) is 0 Å². The number of carbonyl (C=O) groups is 1. The van der Waals surface area contributed by atoms with Gasteiger partial charge in [0.2, 0.25) is 0 Å². The predicted octanol–water partition coefficient (Wildman–Crippen LogP) is 5.65. The van der Waals surface area contributed by atoms with E-state index in [1.54, 1.807) is 13.0 Å². The highest BCUT2D eigenvalue weighted by Gasteiger charge is 2.19.